The van der Waals surface area contributed by atoms with Gasteiger partial charge in [-0.25, -0.2) is 8.78 Å². The molecule has 2 unspecified atom stereocenters. The van der Waals surface area contributed by atoms with Gasteiger partial charge >= 0.3 is 0 Å². The van der Waals surface area contributed by atoms with Gasteiger partial charge in [0.1, 0.15) is 11.6 Å². The first-order chi connectivity index (χ1) is 19.3. The number of hydrogen-bond donors (Lipinski definition) is 2. The summed E-state index contributed by atoms with van der Waals surface area (Å²) in [5.74, 6) is -2.25. The monoisotopic (exact) mass is 554 g/mol. The van der Waals surface area contributed by atoms with Crippen LogP contribution in [-0.4, -0.2) is 65.8 Å². The number of likely N-dealkylation sites (tertiary alicyclic amines) is 1. The third-order valence-corrected chi connectivity index (χ3v) is 7.74. The second-order valence-corrected chi connectivity index (χ2v) is 11.0. The molecule has 0 bridgehead atoms. The zero-order chi connectivity index (χ0) is 28.5. The molecular formula is C31H40F2N4O3. The van der Waals surface area contributed by atoms with Crippen LogP contribution in [0, 0.1) is 17.6 Å². The summed E-state index contributed by atoms with van der Waals surface area (Å²) in [6.45, 7) is 4.79. The first kappa shape index (κ1) is 29.6. The normalized spacial score (nSPS) is 20.2. The highest BCUT2D eigenvalue weighted by atomic mass is 19.1. The minimum absolute atomic E-state index is 0.0268. The summed E-state index contributed by atoms with van der Waals surface area (Å²) in [6.07, 6.45) is 4.75. The van der Waals surface area contributed by atoms with Crippen LogP contribution < -0.4 is 10.6 Å². The maximum Gasteiger partial charge on any atom is 0.240 e. The number of nitrogens with one attached hydrogen (secondary N) is 2. The quantitative estimate of drug-likeness (QED) is 0.369. The maximum absolute atomic E-state index is 14.0. The van der Waals surface area contributed by atoms with Crippen LogP contribution in [0.4, 0.5) is 8.78 Å². The highest BCUT2D eigenvalue weighted by molar-refractivity contribution is 5.89. The van der Waals surface area contributed by atoms with Gasteiger partial charge in [0.25, 0.3) is 0 Å². The lowest BCUT2D eigenvalue weighted by Gasteiger charge is -2.35. The molecule has 4 rings (SSSR count). The van der Waals surface area contributed by atoms with Crippen molar-refractivity contribution >= 4 is 17.7 Å². The largest absolute Gasteiger partial charge is 0.353 e. The van der Waals surface area contributed by atoms with E-state index < -0.39 is 29.6 Å². The molecule has 2 aliphatic heterocycles. The van der Waals surface area contributed by atoms with Gasteiger partial charge in [-0.05, 0) is 42.5 Å². The number of piperazine rings is 1. The third kappa shape index (κ3) is 8.34. The molecule has 2 aromatic carbocycles. The average Bonchev–Trinajstić information content (AvgIpc) is 3.29. The number of amides is 3. The van der Waals surface area contributed by atoms with Gasteiger partial charge in [-0.15, -0.1) is 0 Å². The minimum atomic E-state index is -0.693. The zero-order valence-corrected chi connectivity index (χ0v) is 23.2. The smallest absolute Gasteiger partial charge is 0.240 e. The van der Waals surface area contributed by atoms with E-state index in [9.17, 15) is 23.2 Å². The molecule has 0 radical (unpaired) electrons. The van der Waals surface area contributed by atoms with E-state index in [4.69, 9.17) is 0 Å². The Morgan fingerprint density at radius 3 is 2.50 bits per heavy atom. The number of unbranched alkanes of at least 4 members (excludes halogenated alkanes) is 3. The van der Waals surface area contributed by atoms with Crippen molar-refractivity contribution < 1.29 is 23.2 Å². The Labute approximate surface area is 235 Å². The van der Waals surface area contributed by atoms with Crippen molar-refractivity contribution in [3.63, 3.8) is 0 Å². The number of carbonyl (C=O) groups excluding carboxylic acids is 3. The van der Waals surface area contributed by atoms with Crippen molar-refractivity contribution in [2.75, 3.05) is 26.2 Å². The molecule has 0 aliphatic carbocycles. The zero-order valence-electron chi connectivity index (χ0n) is 23.2. The summed E-state index contributed by atoms with van der Waals surface area (Å²) < 4.78 is 27.9. The molecule has 2 aromatic rings. The summed E-state index contributed by atoms with van der Waals surface area (Å²) >= 11 is 0. The van der Waals surface area contributed by atoms with Crippen LogP contribution in [0.1, 0.15) is 56.6 Å². The summed E-state index contributed by atoms with van der Waals surface area (Å²) in [7, 11) is 0. The van der Waals surface area contributed by atoms with E-state index in [1.165, 1.54) is 12.1 Å². The van der Waals surface area contributed by atoms with Crippen LogP contribution in [0.25, 0.3) is 0 Å². The Morgan fingerprint density at radius 2 is 1.77 bits per heavy atom. The predicted molar refractivity (Wildman–Crippen MR) is 149 cm³/mol. The van der Waals surface area contributed by atoms with Gasteiger partial charge in [-0.2, -0.15) is 0 Å². The van der Waals surface area contributed by atoms with Gasteiger partial charge in [-0.3, -0.25) is 14.4 Å². The molecule has 2 fully saturated rings. The molecule has 0 saturated carbocycles. The Hall–Kier alpha value is -3.33. The van der Waals surface area contributed by atoms with Gasteiger partial charge < -0.3 is 20.4 Å². The fourth-order valence-corrected chi connectivity index (χ4v) is 5.64. The first-order valence-corrected chi connectivity index (χ1v) is 14.4. The fourth-order valence-electron chi connectivity index (χ4n) is 5.64. The van der Waals surface area contributed by atoms with Crippen LogP contribution in [0.3, 0.4) is 0 Å². The number of benzene rings is 2. The van der Waals surface area contributed by atoms with Crippen LogP contribution in [0.15, 0.2) is 48.5 Å². The Morgan fingerprint density at radius 1 is 1.02 bits per heavy atom. The molecule has 216 valence electrons. The molecule has 0 spiro atoms. The topological polar surface area (TPSA) is 81.8 Å². The number of rotatable bonds is 13. The average molecular weight is 555 g/mol. The highest BCUT2D eigenvalue weighted by Crippen LogP contribution is 2.21. The van der Waals surface area contributed by atoms with Gasteiger partial charge in [-0.1, -0.05) is 56.5 Å². The van der Waals surface area contributed by atoms with Gasteiger partial charge in [0.05, 0.1) is 12.0 Å². The van der Waals surface area contributed by atoms with E-state index in [1.54, 1.807) is 9.80 Å². The number of halogens is 2. The number of carbonyl (C=O) groups is 3. The van der Waals surface area contributed by atoms with E-state index in [-0.39, 0.29) is 37.0 Å². The van der Waals surface area contributed by atoms with Crippen LogP contribution in [-0.2, 0) is 27.3 Å². The number of nitrogens with zero attached hydrogens (tertiary/aromatic N) is 2. The van der Waals surface area contributed by atoms with Gasteiger partial charge in [0.15, 0.2) is 0 Å². The number of hydrogen-bond acceptors (Lipinski definition) is 4. The molecule has 9 heteroatoms. The lowest BCUT2D eigenvalue weighted by atomic mass is 9.96. The minimum Gasteiger partial charge on any atom is -0.353 e. The van der Waals surface area contributed by atoms with Crippen molar-refractivity contribution in [3.05, 3.63) is 71.3 Å². The third-order valence-electron chi connectivity index (χ3n) is 7.74. The molecule has 40 heavy (non-hydrogen) atoms. The Bertz CT molecular complexity index is 1140. The highest BCUT2D eigenvalue weighted by Gasteiger charge is 2.36. The van der Waals surface area contributed by atoms with Crippen LogP contribution in [0.2, 0.25) is 0 Å². The molecule has 2 aliphatic rings. The second kappa shape index (κ2) is 14.3. The lowest BCUT2D eigenvalue weighted by Crippen LogP contribution is -2.57. The standard InChI is InChI=1S/C31H40F2N4O3/c1-2-3-4-8-12-36-21-24(17-29(36)38)30(39)35-27(16-23-14-25(32)18-26(33)15-23)19-28-31(40)37(13-11-34-28)20-22-9-6-5-7-10-22/h5-7,9-10,14-15,18,24,27-28,34H,2-4,8,11-13,16-17,19-21H2,1H3,(H,35,39)/t24?,27?,28-/m0/s1. The maximum atomic E-state index is 14.0. The van der Waals surface area contributed by atoms with E-state index >= 15 is 0 Å². The molecule has 2 heterocycles. The van der Waals surface area contributed by atoms with E-state index in [2.05, 4.69) is 17.6 Å². The van der Waals surface area contributed by atoms with Crippen molar-refractivity contribution in [1.82, 2.24) is 20.4 Å². The summed E-state index contributed by atoms with van der Waals surface area (Å²) in [5, 5.41) is 6.28. The molecule has 7 nitrogen and oxygen atoms in total. The van der Waals surface area contributed by atoms with Crippen molar-refractivity contribution in [2.24, 2.45) is 5.92 Å². The summed E-state index contributed by atoms with van der Waals surface area (Å²) in [6, 6.07) is 11.9. The molecule has 3 atom stereocenters. The van der Waals surface area contributed by atoms with Gasteiger partial charge in [0, 0.05) is 51.3 Å². The molecule has 2 saturated heterocycles. The Balaban J connectivity index is 1.43. The summed E-state index contributed by atoms with van der Waals surface area (Å²) in [5.41, 5.74) is 1.42. The Kier molecular flexibility index (Phi) is 10.6. The van der Waals surface area contributed by atoms with E-state index in [0.29, 0.717) is 38.3 Å². The van der Waals surface area contributed by atoms with Crippen molar-refractivity contribution in [3.8, 4) is 0 Å². The second-order valence-electron chi connectivity index (χ2n) is 11.0. The van der Waals surface area contributed by atoms with Crippen molar-refractivity contribution in [1.29, 1.82) is 0 Å². The first-order valence-electron chi connectivity index (χ1n) is 14.4. The molecule has 2 N–H and O–H groups in total. The van der Waals surface area contributed by atoms with E-state index in [0.717, 1.165) is 37.3 Å². The molecule has 0 aromatic heterocycles. The summed E-state index contributed by atoms with van der Waals surface area (Å²) in [4.78, 5) is 42.8. The van der Waals surface area contributed by atoms with Crippen LogP contribution >= 0.6 is 0 Å². The predicted octanol–water partition coefficient (Wildman–Crippen LogP) is 3.81. The lowest BCUT2D eigenvalue weighted by molar-refractivity contribution is -0.137. The van der Waals surface area contributed by atoms with Gasteiger partial charge in [0.2, 0.25) is 17.7 Å². The molecule has 3 amide bonds. The fraction of sp³-hybridized carbons (Fsp3) is 0.516. The van der Waals surface area contributed by atoms with E-state index in [1.807, 2.05) is 30.3 Å². The van der Waals surface area contributed by atoms with Crippen molar-refractivity contribution in [2.45, 2.75) is 70.5 Å². The van der Waals surface area contributed by atoms with Crippen LogP contribution in [0.5, 0.6) is 0 Å². The molecular weight excluding hydrogens is 514 g/mol. The SMILES string of the molecule is CCCCCCN1CC(C(=O)NC(Cc2cc(F)cc(F)c2)C[C@@H]2NCCN(Cc3ccccc3)C2=O)CC1=O.